The number of nitrogens with one attached hydrogen (secondary N) is 1. The highest BCUT2D eigenvalue weighted by Gasteiger charge is 2.28. The molecule has 1 saturated carbocycles. The summed E-state index contributed by atoms with van der Waals surface area (Å²) in [6.45, 7) is 3.68. The van der Waals surface area contributed by atoms with Gasteiger partial charge in [-0.1, -0.05) is 18.2 Å². The van der Waals surface area contributed by atoms with Crippen LogP contribution in [0.3, 0.4) is 0 Å². The molecule has 2 heterocycles. The van der Waals surface area contributed by atoms with Crippen LogP contribution in [0.2, 0.25) is 0 Å². The predicted molar refractivity (Wildman–Crippen MR) is 75.3 cm³/mol. The van der Waals surface area contributed by atoms with Gasteiger partial charge in [0.15, 0.2) is 5.82 Å². The Kier molecular flexibility index (Phi) is 2.88. The number of fused-ring (bicyclic) bond motifs is 1. The van der Waals surface area contributed by atoms with Crippen LogP contribution in [-0.2, 0) is 13.1 Å². The fraction of sp³-hybridized carbons (Fsp3) is 0.500. The molecular formula is C14H18N6. The third kappa shape index (κ3) is 2.16. The van der Waals surface area contributed by atoms with Gasteiger partial charge in [0.25, 0.3) is 0 Å². The van der Waals surface area contributed by atoms with E-state index in [1.807, 2.05) is 4.68 Å². The highest BCUT2D eigenvalue weighted by molar-refractivity contribution is 5.54. The monoisotopic (exact) mass is 270 g/mol. The van der Waals surface area contributed by atoms with Crippen molar-refractivity contribution >= 4 is 5.69 Å². The second-order valence-corrected chi connectivity index (χ2v) is 5.50. The fourth-order valence-electron chi connectivity index (χ4n) is 2.78. The second kappa shape index (κ2) is 4.86. The summed E-state index contributed by atoms with van der Waals surface area (Å²) in [6, 6.07) is 9.09. The van der Waals surface area contributed by atoms with Crippen LogP contribution in [0.1, 0.15) is 30.3 Å². The lowest BCUT2D eigenvalue weighted by molar-refractivity contribution is 0.572. The summed E-state index contributed by atoms with van der Waals surface area (Å²) in [6.07, 6.45) is 2.41. The first kappa shape index (κ1) is 11.8. The molecule has 0 unspecified atom stereocenters. The summed E-state index contributed by atoms with van der Waals surface area (Å²) in [5.74, 6) is 0.976. The van der Waals surface area contributed by atoms with Gasteiger partial charge in [0.1, 0.15) is 0 Å². The molecule has 1 fully saturated rings. The number of hydrogen-bond donors (Lipinski definition) is 1. The highest BCUT2D eigenvalue weighted by atomic mass is 15.6. The van der Waals surface area contributed by atoms with E-state index in [2.05, 4.69) is 50.0 Å². The molecule has 2 aliphatic rings. The van der Waals surface area contributed by atoms with Crippen LogP contribution >= 0.6 is 0 Å². The summed E-state index contributed by atoms with van der Waals surface area (Å²) >= 11 is 0. The van der Waals surface area contributed by atoms with Crippen LogP contribution in [0.15, 0.2) is 24.3 Å². The first-order valence-electron chi connectivity index (χ1n) is 7.22. The molecule has 0 saturated heterocycles. The van der Waals surface area contributed by atoms with E-state index in [0.29, 0.717) is 6.04 Å². The molecular weight excluding hydrogens is 252 g/mol. The van der Waals surface area contributed by atoms with Crippen molar-refractivity contribution in [2.45, 2.75) is 32.0 Å². The Bertz CT molecular complexity index is 603. The first-order valence-corrected chi connectivity index (χ1v) is 7.22. The van der Waals surface area contributed by atoms with Gasteiger partial charge in [-0.25, -0.2) is 4.68 Å². The van der Waals surface area contributed by atoms with Gasteiger partial charge in [0.2, 0.25) is 0 Å². The van der Waals surface area contributed by atoms with Crippen molar-refractivity contribution < 1.29 is 0 Å². The van der Waals surface area contributed by atoms with Gasteiger partial charge >= 0.3 is 0 Å². The number of benzene rings is 1. The van der Waals surface area contributed by atoms with Crippen LogP contribution in [0.5, 0.6) is 0 Å². The summed E-state index contributed by atoms with van der Waals surface area (Å²) in [5, 5.41) is 15.7. The van der Waals surface area contributed by atoms with E-state index in [-0.39, 0.29) is 0 Å². The van der Waals surface area contributed by atoms with Crippen molar-refractivity contribution in [3.63, 3.8) is 0 Å². The zero-order valence-corrected chi connectivity index (χ0v) is 11.4. The molecule has 6 heteroatoms. The zero-order valence-electron chi connectivity index (χ0n) is 11.4. The maximum atomic E-state index is 4.21. The molecule has 1 aromatic carbocycles. The summed E-state index contributed by atoms with van der Waals surface area (Å²) in [7, 11) is 0. The lowest BCUT2D eigenvalue weighted by atomic mass is 10.1. The molecule has 0 radical (unpaired) electrons. The molecule has 0 amide bonds. The van der Waals surface area contributed by atoms with E-state index < -0.39 is 0 Å². The minimum Gasteiger partial charge on any atom is -0.362 e. The van der Waals surface area contributed by atoms with Crippen molar-refractivity contribution in [1.82, 2.24) is 25.5 Å². The van der Waals surface area contributed by atoms with Crippen LogP contribution in [0, 0.1) is 0 Å². The number of rotatable bonds is 3. The molecule has 104 valence electrons. The Morgan fingerprint density at radius 1 is 1.25 bits per heavy atom. The molecule has 0 atom stereocenters. The highest BCUT2D eigenvalue weighted by Crippen LogP contribution is 2.35. The maximum Gasteiger partial charge on any atom is 0.170 e. The maximum absolute atomic E-state index is 4.21. The van der Waals surface area contributed by atoms with Gasteiger partial charge < -0.3 is 10.2 Å². The smallest absolute Gasteiger partial charge is 0.170 e. The summed E-state index contributed by atoms with van der Waals surface area (Å²) in [5.41, 5.74) is 2.64. The summed E-state index contributed by atoms with van der Waals surface area (Å²) in [4.78, 5) is 2.37. The SMILES string of the molecule is c1ccc2c(c1)CNCCN2Cc1nnnn1C1CC1. The minimum atomic E-state index is 0.528. The van der Waals surface area contributed by atoms with Gasteiger partial charge in [-0.3, -0.25) is 0 Å². The molecule has 0 bridgehead atoms. The van der Waals surface area contributed by atoms with E-state index in [9.17, 15) is 0 Å². The van der Waals surface area contributed by atoms with Gasteiger partial charge in [0, 0.05) is 25.3 Å². The zero-order chi connectivity index (χ0) is 13.4. The molecule has 1 aromatic heterocycles. The number of tetrazole rings is 1. The third-order valence-corrected chi connectivity index (χ3v) is 3.99. The molecule has 1 N–H and O–H groups in total. The van der Waals surface area contributed by atoms with E-state index in [0.717, 1.165) is 32.0 Å². The quantitative estimate of drug-likeness (QED) is 0.905. The normalized spacial score (nSPS) is 18.7. The van der Waals surface area contributed by atoms with E-state index in [1.54, 1.807) is 0 Å². The average Bonchev–Trinajstić information content (AvgIpc) is 3.25. The van der Waals surface area contributed by atoms with Crippen LogP contribution < -0.4 is 10.2 Å². The van der Waals surface area contributed by atoms with Gasteiger partial charge in [-0.05, 0) is 34.9 Å². The average molecular weight is 270 g/mol. The molecule has 4 rings (SSSR count). The van der Waals surface area contributed by atoms with Crippen molar-refractivity contribution in [3.8, 4) is 0 Å². The summed E-state index contributed by atoms with van der Waals surface area (Å²) < 4.78 is 2.00. The van der Waals surface area contributed by atoms with Crippen molar-refractivity contribution in [3.05, 3.63) is 35.7 Å². The van der Waals surface area contributed by atoms with Crippen LogP contribution in [-0.4, -0.2) is 33.3 Å². The lowest BCUT2D eigenvalue weighted by Crippen LogP contribution is -2.29. The second-order valence-electron chi connectivity index (χ2n) is 5.50. The predicted octanol–water partition coefficient (Wildman–Crippen LogP) is 1.12. The van der Waals surface area contributed by atoms with Gasteiger partial charge in [0.05, 0.1) is 12.6 Å². The largest absolute Gasteiger partial charge is 0.362 e. The Morgan fingerprint density at radius 3 is 3.05 bits per heavy atom. The number of aromatic nitrogens is 4. The van der Waals surface area contributed by atoms with Crippen molar-refractivity contribution in [1.29, 1.82) is 0 Å². The van der Waals surface area contributed by atoms with Crippen LogP contribution in [0.25, 0.3) is 0 Å². The van der Waals surface area contributed by atoms with E-state index in [4.69, 9.17) is 0 Å². The van der Waals surface area contributed by atoms with Crippen molar-refractivity contribution in [2.75, 3.05) is 18.0 Å². The van der Waals surface area contributed by atoms with Crippen LogP contribution in [0.4, 0.5) is 5.69 Å². The number of para-hydroxylation sites is 1. The first-order chi connectivity index (χ1) is 9.92. The Morgan fingerprint density at radius 2 is 2.15 bits per heavy atom. The topological polar surface area (TPSA) is 58.9 Å². The standard InChI is InChI=1S/C14H18N6/c1-2-4-13-11(3-1)9-15-7-8-19(13)10-14-16-17-18-20(14)12-5-6-12/h1-4,12,15H,5-10H2. The molecule has 6 nitrogen and oxygen atoms in total. The lowest BCUT2D eigenvalue weighted by Gasteiger charge is -2.23. The van der Waals surface area contributed by atoms with Crippen molar-refractivity contribution in [2.24, 2.45) is 0 Å². The third-order valence-electron chi connectivity index (χ3n) is 3.99. The molecule has 0 spiro atoms. The molecule has 1 aliphatic heterocycles. The fourth-order valence-corrected chi connectivity index (χ4v) is 2.78. The Labute approximate surface area is 117 Å². The molecule has 20 heavy (non-hydrogen) atoms. The number of hydrogen-bond acceptors (Lipinski definition) is 5. The van der Waals surface area contributed by atoms with Gasteiger partial charge in [-0.15, -0.1) is 5.10 Å². The van der Waals surface area contributed by atoms with E-state index in [1.165, 1.54) is 24.1 Å². The Balaban J connectivity index is 1.63. The number of anilines is 1. The van der Waals surface area contributed by atoms with E-state index >= 15 is 0 Å². The van der Waals surface area contributed by atoms with Gasteiger partial charge in [-0.2, -0.15) is 0 Å². The molecule has 1 aliphatic carbocycles. The Hall–Kier alpha value is -1.95. The number of nitrogens with zero attached hydrogens (tertiary/aromatic N) is 5. The molecule has 2 aromatic rings. The minimum absolute atomic E-state index is 0.528.